The summed E-state index contributed by atoms with van der Waals surface area (Å²) in [7, 11) is 0. The minimum absolute atomic E-state index is 0.565. The SMILES string of the molecule is c1ccc(N2c3cc(-c4nc5cccnc5n4-c4ccccc4)c(-c4nc5cccnc5n4-c4ccccc4)cc3Oc3c(-c4nc5cccnc5n4-c4ccccc4)cc(-c4nc5cccnc5n4-c4ccccc4)cc32)cc1. The molecule has 8 aromatic heterocycles. The summed E-state index contributed by atoms with van der Waals surface area (Å²) < 4.78 is 16.1. The van der Waals surface area contributed by atoms with Crippen molar-refractivity contribution in [2.24, 2.45) is 0 Å². The number of anilines is 3. The first-order valence-corrected chi connectivity index (χ1v) is 26.2. The molecule has 0 saturated heterocycles. The standard InChI is InChI=1S/C66H41N13O/c1-6-20-43(21-7-1)75-55-40-48(60-72-52-31-17-35-68-64(52)77(60)45-24-10-3-11-25-45)49(61-73-53-32-18-36-69-65(53)78(61)46-26-12-4-13-27-46)41-57(55)80-58-50(62-74-54-33-19-37-70-66(54)79(62)47-28-14-5-15-29-47)38-42(39-56(58)75)59-71-51-30-16-34-67-63(51)76(59)44-22-8-2-9-23-44/h1-41H. The molecule has 1 aliphatic heterocycles. The molecule has 0 aliphatic carbocycles. The van der Waals surface area contributed by atoms with E-state index < -0.39 is 0 Å². The highest BCUT2D eigenvalue weighted by molar-refractivity contribution is 5.99. The average molecular weight is 1030 g/mol. The lowest BCUT2D eigenvalue weighted by atomic mass is 9.98. The molecule has 0 radical (unpaired) electrons. The number of para-hydroxylation sites is 5. The second-order valence-corrected chi connectivity index (χ2v) is 19.3. The molecule has 14 heteroatoms. The third-order valence-corrected chi connectivity index (χ3v) is 14.6. The molecule has 0 amide bonds. The number of benzene rings is 7. The Labute approximate surface area is 456 Å². The molecule has 0 fully saturated rings. The lowest BCUT2D eigenvalue weighted by molar-refractivity contribution is 0.478. The molecule has 15 aromatic rings. The van der Waals surface area contributed by atoms with Gasteiger partial charge in [-0.3, -0.25) is 18.3 Å². The first kappa shape index (κ1) is 44.9. The summed E-state index contributed by atoms with van der Waals surface area (Å²) in [6.07, 6.45) is 7.22. The van der Waals surface area contributed by atoms with Crippen LogP contribution in [0.2, 0.25) is 0 Å². The number of ether oxygens (including phenoxy) is 1. The van der Waals surface area contributed by atoms with Gasteiger partial charge < -0.3 is 9.64 Å². The van der Waals surface area contributed by atoms with E-state index in [1.54, 1.807) is 12.4 Å². The summed E-state index contributed by atoms with van der Waals surface area (Å²) in [4.78, 5) is 43.8. The molecule has 80 heavy (non-hydrogen) atoms. The average Bonchev–Trinajstić information content (AvgIpc) is 4.46. The van der Waals surface area contributed by atoms with Crippen LogP contribution in [0.25, 0.3) is 113 Å². The Morgan fingerprint density at radius 2 is 0.637 bits per heavy atom. The predicted molar refractivity (Wildman–Crippen MR) is 313 cm³/mol. The topological polar surface area (TPSA) is 135 Å². The van der Waals surface area contributed by atoms with Crippen molar-refractivity contribution in [2.45, 2.75) is 0 Å². The highest BCUT2D eigenvalue weighted by Crippen LogP contribution is 2.57. The highest BCUT2D eigenvalue weighted by Gasteiger charge is 2.35. The van der Waals surface area contributed by atoms with Gasteiger partial charge >= 0.3 is 0 Å². The van der Waals surface area contributed by atoms with Crippen molar-refractivity contribution in [1.82, 2.24) is 58.1 Å². The van der Waals surface area contributed by atoms with Crippen molar-refractivity contribution in [3.05, 3.63) is 249 Å². The van der Waals surface area contributed by atoms with E-state index in [9.17, 15) is 0 Å². The van der Waals surface area contributed by atoms with Crippen molar-refractivity contribution in [2.75, 3.05) is 4.90 Å². The molecule has 0 bridgehead atoms. The number of hydrogen-bond donors (Lipinski definition) is 0. The van der Waals surface area contributed by atoms with Crippen LogP contribution in [0, 0.1) is 0 Å². The van der Waals surface area contributed by atoms with Gasteiger partial charge in [0.25, 0.3) is 0 Å². The number of imidazole rings is 4. The molecule has 14 nitrogen and oxygen atoms in total. The van der Waals surface area contributed by atoms with E-state index in [0.29, 0.717) is 57.3 Å². The fourth-order valence-corrected chi connectivity index (χ4v) is 11.1. The van der Waals surface area contributed by atoms with Gasteiger partial charge in [-0.05, 0) is 133 Å². The second-order valence-electron chi connectivity index (χ2n) is 19.3. The quantitative estimate of drug-likeness (QED) is 0.137. The Balaban J connectivity index is 1.04. The Kier molecular flexibility index (Phi) is 10.2. The molecule has 9 heterocycles. The number of hydrogen-bond acceptors (Lipinski definition) is 10. The van der Waals surface area contributed by atoms with Gasteiger partial charge in [0, 0.05) is 69.9 Å². The molecule has 1 aliphatic rings. The van der Waals surface area contributed by atoms with E-state index in [-0.39, 0.29) is 0 Å². The van der Waals surface area contributed by atoms with Crippen molar-refractivity contribution < 1.29 is 4.74 Å². The minimum Gasteiger partial charge on any atom is -0.452 e. The van der Waals surface area contributed by atoms with Gasteiger partial charge in [0.2, 0.25) is 0 Å². The zero-order valence-electron chi connectivity index (χ0n) is 42.4. The molecule has 0 unspecified atom stereocenters. The normalized spacial score (nSPS) is 12.1. The summed E-state index contributed by atoms with van der Waals surface area (Å²) in [6.45, 7) is 0. The van der Waals surface area contributed by atoms with Gasteiger partial charge in [0.15, 0.2) is 39.9 Å². The zero-order valence-corrected chi connectivity index (χ0v) is 42.4. The van der Waals surface area contributed by atoms with Crippen LogP contribution in [0.15, 0.2) is 249 Å². The Hall–Kier alpha value is -11.4. The van der Waals surface area contributed by atoms with Crippen LogP contribution >= 0.6 is 0 Å². The zero-order chi connectivity index (χ0) is 52.7. The first-order chi connectivity index (χ1) is 39.7. The Bertz CT molecular complexity index is 4860. The van der Waals surface area contributed by atoms with E-state index in [1.165, 1.54) is 0 Å². The minimum atomic E-state index is 0.565. The van der Waals surface area contributed by atoms with Crippen LogP contribution in [-0.2, 0) is 0 Å². The summed E-state index contributed by atoms with van der Waals surface area (Å²) in [5.41, 5.74) is 14.7. The smallest absolute Gasteiger partial charge is 0.164 e. The number of aromatic nitrogens is 12. The van der Waals surface area contributed by atoms with Crippen LogP contribution < -0.4 is 9.64 Å². The summed E-state index contributed by atoms with van der Waals surface area (Å²) in [5.74, 6) is 3.73. The van der Waals surface area contributed by atoms with Gasteiger partial charge in [-0.2, -0.15) is 0 Å². The van der Waals surface area contributed by atoms with Crippen LogP contribution in [0.5, 0.6) is 11.5 Å². The van der Waals surface area contributed by atoms with Crippen molar-refractivity contribution in [3.63, 3.8) is 0 Å². The summed E-state index contributed by atoms with van der Waals surface area (Å²) in [6, 6.07) is 75.5. The van der Waals surface area contributed by atoms with E-state index in [0.717, 1.165) is 84.2 Å². The largest absolute Gasteiger partial charge is 0.452 e. The lowest BCUT2D eigenvalue weighted by Gasteiger charge is -2.35. The summed E-state index contributed by atoms with van der Waals surface area (Å²) in [5, 5.41) is 0. The number of rotatable bonds is 9. The number of nitrogens with zero attached hydrogens (tertiary/aromatic N) is 13. The lowest BCUT2D eigenvalue weighted by Crippen LogP contribution is -2.18. The monoisotopic (exact) mass is 1030 g/mol. The second kappa shape index (κ2) is 18.1. The van der Waals surface area contributed by atoms with E-state index in [1.807, 2.05) is 140 Å². The molecule has 0 N–H and O–H groups in total. The molecule has 0 spiro atoms. The molecular formula is C66H41N13O. The van der Waals surface area contributed by atoms with Crippen LogP contribution in [0.1, 0.15) is 0 Å². The highest BCUT2D eigenvalue weighted by atomic mass is 16.5. The molecule has 7 aromatic carbocycles. The predicted octanol–water partition coefficient (Wildman–Crippen LogP) is 14.9. The number of fused-ring (bicyclic) bond motifs is 6. The van der Waals surface area contributed by atoms with E-state index in [4.69, 9.17) is 44.6 Å². The van der Waals surface area contributed by atoms with Crippen LogP contribution in [0.4, 0.5) is 17.1 Å². The van der Waals surface area contributed by atoms with E-state index in [2.05, 4.69) is 120 Å². The maximum atomic E-state index is 7.67. The van der Waals surface area contributed by atoms with Crippen molar-refractivity contribution >= 4 is 61.7 Å². The Morgan fingerprint density at radius 3 is 1.05 bits per heavy atom. The maximum absolute atomic E-state index is 7.67. The fraction of sp³-hybridized carbons (Fsp3) is 0. The molecular weight excluding hydrogens is 991 g/mol. The fourth-order valence-electron chi connectivity index (χ4n) is 11.1. The van der Waals surface area contributed by atoms with Gasteiger partial charge in [-0.15, -0.1) is 0 Å². The van der Waals surface area contributed by atoms with Gasteiger partial charge in [-0.1, -0.05) is 91.0 Å². The summed E-state index contributed by atoms with van der Waals surface area (Å²) >= 11 is 0. The van der Waals surface area contributed by atoms with E-state index >= 15 is 0 Å². The molecule has 0 atom stereocenters. The third kappa shape index (κ3) is 7.13. The molecule has 376 valence electrons. The maximum Gasteiger partial charge on any atom is 0.164 e. The van der Waals surface area contributed by atoms with Crippen molar-refractivity contribution in [1.29, 1.82) is 0 Å². The third-order valence-electron chi connectivity index (χ3n) is 14.6. The van der Waals surface area contributed by atoms with Gasteiger partial charge in [-0.25, -0.2) is 39.9 Å². The molecule has 16 rings (SSSR count). The molecule has 0 saturated carbocycles. The van der Waals surface area contributed by atoms with Gasteiger partial charge in [0.1, 0.15) is 39.5 Å². The number of pyridine rings is 4. The van der Waals surface area contributed by atoms with Gasteiger partial charge in [0.05, 0.1) is 16.9 Å². The van der Waals surface area contributed by atoms with Crippen LogP contribution in [-0.4, -0.2) is 58.1 Å². The van der Waals surface area contributed by atoms with Crippen molar-refractivity contribution in [3.8, 4) is 79.8 Å². The van der Waals surface area contributed by atoms with Crippen LogP contribution in [0.3, 0.4) is 0 Å². The Morgan fingerprint density at radius 1 is 0.287 bits per heavy atom. The first-order valence-electron chi connectivity index (χ1n) is 26.2.